The van der Waals surface area contributed by atoms with Crippen molar-refractivity contribution in [1.82, 2.24) is 15.6 Å². The Balaban J connectivity index is 2.63. The molecule has 1 saturated heterocycles. The maximum absolute atomic E-state index is 11.1. The number of nitrogens with two attached hydrogens (primary N) is 1. The number of amides is 1. The first-order valence-corrected chi connectivity index (χ1v) is 5.19. The fourth-order valence-electron chi connectivity index (χ4n) is 1.43. The van der Waals surface area contributed by atoms with Crippen molar-refractivity contribution in [2.45, 2.75) is 26.3 Å². The third kappa shape index (κ3) is 3.75. The number of rotatable bonds is 1. The topological polar surface area (TPSA) is 82.8 Å². The standard InChI is InChI=1S/C9H19N5O/c1-7(2)12-9(13-10)14-5-3-8(15)11-4-6-14/h7H,3-6,10H2,1-2H3,(H,11,15)(H,12,13). The molecule has 0 bridgehead atoms. The Morgan fingerprint density at radius 2 is 2.33 bits per heavy atom. The highest BCUT2D eigenvalue weighted by molar-refractivity contribution is 5.82. The van der Waals surface area contributed by atoms with E-state index in [1.54, 1.807) is 0 Å². The summed E-state index contributed by atoms with van der Waals surface area (Å²) < 4.78 is 0. The van der Waals surface area contributed by atoms with Gasteiger partial charge in [0.2, 0.25) is 11.9 Å². The van der Waals surface area contributed by atoms with E-state index >= 15 is 0 Å². The number of hydrazine groups is 1. The molecule has 1 fully saturated rings. The summed E-state index contributed by atoms with van der Waals surface area (Å²) in [5.41, 5.74) is 2.58. The molecule has 0 radical (unpaired) electrons. The van der Waals surface area contributed by atoms with E-state index in [1.165, 1.54) is 0 Å². The van der Waals surface area contributed by atoms with Crippen LogP contribution in [0, 0.1) is 0 Å². The van der Waals surface area contributed by atoms with Crippen LogP contribution in [0.25, 0.3) is 0 Å². The lowest BCUT2D eigenvalue weighted by molar-refractivity contribution is -0.120. The normalized spacial score (nSPS) is 18.8. The largest absolute Gasteiger partial charge is 0.354 e. The number of nitrogens with one attached hydrogen (secondary N) is 2. The Morgan fingerprint density at radius 3 is 2.93 bits per heavy atom. The number of hydrogen-bond acceptors (Lipinski definition) is 3. The Hall–Kier alpha value is -1.30. The summed E-state index contributed by atoms with van der Waals surface area (Å²) >= 11 is 0. The van der Waals surface area contributed by atoms with E-state index in [0.717, 1.165) is 6.54 Å². The average molecular weight is 213 g/mol. The van der Waals surface area contributed by atoms with E-state index in [9.17, 15) is 4.79 Å². The maximum Gasteiger partial charge on any atom is 0.221 e. The maximum atomic E-state index is 11.1. The van der Waals surface area contributed by atoms with Crippen LogP contribution in [0.15, 0.2) is 4.99 Å². The van der Waals surface area contributed by atoms with Crippen LogP contribution >= 0.6 is 0 Å². The highest BCUT2D eigenvalue weighted by Crippen LogP contribution is 1.98. The molecule has 15 heavy (non-hydrogen) atoms. The molecular formula is C9H19N5O. The smallest absolute Gasteiger partial charge is 0.221 e. The van der Waals surface area contributed by atoms with Gasteiger partial charge in [-0.05, 0) is 13.8 Å². The zero-order valence-electron chi connectivity index (χ0n) is 9.29. The van der Waals surface area contributed by atoms with Gasteiger partial charge < -0.3 is 10.2 Å². The number of carbonyl (C=O) groups excluding carboxylic acids is 1. The molecule has 4 N–H and O–H groups in total. The summed E-state index contributed by atoms with van der Waals surface area (Å²) in [4.78, 5) is 17.5. The van der Waals surface area contributed by atoms with E-state index in [1.807, 2.05) is 18.7 Å². The van der Waals surface area contributed by atoms with Crippen LogP contribution in [-0.4, -0.2) is 42.4 Å². The first-order valence-electron chi connectivity index (χ1n) is 5.19. The Morgan fingerprint density at radius 1 is 1.60 bits per heavy atom. The molecule has 0 unspecified atom stereocenters. The molecular weight excluding hydrogens is 194 g/mol. The number of guanidine groups is 1. The minimum Gasteiger partial charge on any atom is -0.354 e. The van der Waals surface area contributed by atoms with Gasteiger partial charge in [-0.25, -0.2) is 10.8 Å². The molecule has 0 atom stereocenters. The SMILES string of the molecule is CC(C)N=C(NN)N1CCNC(=O)CC1. The molecule has 0 spiro atoms. The number of nitrogens with zero attached hydrogens (tertiary/aromatic N) is 2. The second kappa shape index (κ2) is 5.55. The van der Waals surface area contributed by atoms with Crippen molar-refractivity contribution < 1.29 is 4.79 Å². The van der Waals surface area contributed by atoms with Crippen LogP contribution in [0.2, 0.25) is 0 Å². The van der Waals surface area contributed by atoms with E-state index in [4.69, 9.17) is 5.84 Å². The molecule has 0 saturated carbocycles. The summed E-state index contributed by atoms with van der Waals surface area (Å²) in [6.45, 7) is 6.00. The fourth-order valence-corrected chi connectivity index (χ4v) is 1.43. The summed E-state index contributed by atoms with van der Waals surface area (Å²) in [6.07, 6.45) is 0.485. The van der Waals surface area contributed by atoms with E-state index < -0.39 is 0 Å². The van der Waals surface area contributed by atoms with Gasteiger partial charge in [0.05, 0.1) is 0 Å². The molecule has 1 rings (SSSR count). The van der Waals surface area contributed by atoms with Gasteiger partial charge in [0.25, 0.3) is 0 Å². The minimum absolute atomic E-state index is 0.0819. The van der Waals surface area contributed by atoms with Crippen LogP contribution in [0.1, 0.15) is 20.3 Å². The zero-order chi connectivity index (χ0) is 11.3. The average Bonchev–Trinajstić information content (AvgIpc) is 2.39. The Kier molecular flexibility index (Phi) is 4.36. The van der Waals surface area contributed by atoms with Crippen LogP contribution in [0.4, 0.5) is 0 Å². The number of aliphatic imine (C=N–C) groups is 1. The summed E-state index contributed by atoms with van der Waals surface area (Å²) in [6, 6.07) is 0.183. The molecule has 0 aromatic heterocycles. The molecule has 1 aliphatic rings. The van der Waals surface area contributed by atoms with Gasteiger partial charge in [0.1, 0.15) is 0 Å². The van der Waals surface area contributed by atoms with Gasteiger partial charge in [-0.3, -0.25) is 10.2 Å². The second-order valence-corrected chi connectivity index (χ2v) is 3.78. The lowest BCUT2D eigenvalue weighted by Gasteiger charge is -2.23. The predicted molar refractivity (Wildman–Crippen MR) is 59.1 cm³/mol. The van der Waals surface area contributed by atoms with Crippen molar-refractivity contribution in [3.8, 4) is 0 Å². The van der Waals surface area contributed by atoms with Crippen LogP contribution in [0.5, 0.6) is 0 Å². The van der Waals surface area contributed by atoms with Crippen LogP contribution in [-0.2, 0) is 4.79 Å². The number of carbonyl (C=O) groups is 1. The third-order valence-corrected chi connectivity index (χ3v) is 2.12. The minimum atomic E-state index is 0.0819. The fraction of sp³-hybridized carbons (Fsp3) is 0.778. The predicted octanol–water partition coefficient (Wildman–Crippen LogP) is -0.964. The van der Waals surface area contributed by atoms with Crippen molar-refractivity contribution in [2.75, 3.05) is 19.6 Å². The van der Waals surface area contributed by atoms with Gasteiger partial charge in [-0.15, -0.1) is 0 Å². The molecule has 86 valence electrons. The zero-order valence-corrected chi connectivity index (χ0v) is 9.29. The summed E-state index contributed by atoms with van der Waals surface area (Å²) in [5, 5.41) is 2.80. The van der Waals surface area contributed by atoms with Gasteiger partial charge in [0.15, 0.2) is 0 Å². The molecule has 1 aliphatic heterocycles. The van der Waals surface area contributed by atoms with E-state index in [0.29, 0.717) is 25.5 Å². The lowest BCUT2D eigenvalue weighted by Crippen LogP contribution is -2.46. The second-order valence-electron chi connectivity index (χ2n) is 3.78. The van der Waals surface area contributed by atoms with Crippen molar-refractivity contribution in [2.24, 2.45) is 10.8 Å². The molecule has 0 aromatic carbocycles. The first-order chi connectivity index (χ1) is 7.13. The van der Waals surface area contributed by atoms with Gasteiger partial charge in [-0.2, -0.15) is 0 Å². The van der Waals surface area contributed by atoms with Crippen molar-refractivity contribution in [3.05, 3.63) is 0 Å². The molecule has 1 amide bonds. The molecule has 0 aliphatic carbocycles. The van der Waals surface area contributed by atoms with E-state index in [-0.39, 0.29) is 11.9 Å². The highest BCUT2D eigenvalue weighted by Gasteiger charge is 2.16. The molecule has 0 aromatic rings. The first kappa shape index (κ1) is 11.8. The lowest BCUT2D eigenvalue weighted by atomic mass is 10.4. The van der Waals surface area contributed by atoms with Gasteiger partial charge in [-0.1, -0.05) is 0 Å². The number of hydrogen-bond donors (Lipinski definition) is 3. The third-order valence-electron chi connectivity index (χ3n) is 2.12. The monoisotopic (exact) mass is 213 g/mol. The van der Waals surface area contributed by atoms with Crippen molar-refractivity contribution in [1.29, 1.82) is 0 Å². The van der Waals surface area contributed by atoms with Gasteiger partial charge in [0, 0.05) is 32.1 Å². The summed E-state index contributed by atoms with van der Waals surface area (Å²) in [7, 11) is 0. The Bertz CT molecular complexity index is 251. The van der Waals surface area contributed by atoms with Crippen LogP contribution in [0.3, 0.4) is 0 Å². The van der Waals surface area contributed by atoms with Crippen molar-refractivity contribution in [3.63, 3.8) is 0 Å². The quantitative estimate of drug-likeness (QED) is 0.227. The molecule has 6 heteroatoms. The van der Waals surface area contributed by atoms with E-state index in [2.05, 4.69) is 15.7 Å². The Labute approximate surface area is 89.9 Å². The molecule has 1 heterocycles. The van der Waals surface area contributed by atoms with Gasteiger partial charge >= 0.3 is 0 Å². The molecule has 6 nitrogen and oxygen atoms in total. The highest BCUT2D eigenvalue weighted by atomic mass is 16.1. The van der Waals surface area contributed by atoms with Crippen molar-refractivity contribution >= 4 is 11.9 Å². The summed E-state index contributed by atoms with van der Waals surface area (Å²) in [5.74, 6) is 6.15. The van der Waals surface area contributed by atoms with Crippen LogP contribution < -0.4 is 16.6 Å².